The van der Waals surface area contributed by atoms with Crippen molar-refractivity contribution in [3.63, 3.8) is 0 Å². The molecule has 0 radical (unpaired) electrons. The molecule has 7 nitrogen and oxygen atoms in total. The molecule has 1 aromatic carbocycles. The summed E-state index contributed by atoms with van der Waals surface area (Å²) in [4.78, 5) is 45.0. The molecule has 1 heterocycles. The second-order valence-electron chi connectivity index (χ2n) is 16.4. The lowest BCUT2D eigenvalue weighted by Gasteiger charge is -2.61. The summed E-state index contributed by atoms with van der Waals surface area (Å²) in [5.41, 5.74) is -4.24. The number of carbonyl (C=O) groups is 3. The smallest absolute Gasteiger partial charge is 0.200 e. The molecule has 6 atom stereocenters. The highest BCUT2D eigenvalue weighted by Gasteiger charge is 2.76. The standard InChI is InChI=1S/C38H50O7/c1-20(2)11-13-23-17-37(18-24-16-25(21(3)4)34(24,5)6)31(42)29(30(41)22-12-14-26(39)27(40)15-22)32-38(33(37)43,35(23,7)8)19-28(45-32)36(9,10)44/h11-15,20,23-25,28,39-40,44H,3,16-19H2,1-2,4-10H3/b13-11+/t23-,24+,25-,28+,37-,38-/m1/s1. The Bertz CT molecular complexity index is 1530. The van der Waals surface area contributed by atoms with Gasteiger partial charge in [-0.2, -0.15) is 0 Å². The Labute approximate surface area is 267 Å². The number of rotatable bonds is 8. The third-order valence-corrected chi connectivity index (χ3v) is 12.1. The van der Waals surface area contributed by atoms with Crippen LogP contribution in [0.25, 0.3) is 0 Å². The highest BCUT2D eigenvalue weighted by Crippen LogP contribution is 2.71. The number of phenols is 2. The molecule has 7 heteroatoms. The number of ketones is 3. The van der Waals surface area contributed by atoms with Crippen LogP contribution in [0.1, 0.15) is 98.4 Å². The second kappa shape index (κ2) is 10.4. The van der Waals surface area contributed by atoms with Crippen LogP contribution in [0.2, 0.25) is 0 Å². The maximum Gasteiger partial charge on any atom is 0.200 e. The van der Waals surface area contributed by atoms with Crippen molar-refractivity contribution in [1.82, 2.24) is 0 Å². The number of ether oxygens (including phenoxy) is 1. The number of aromatic hydroxyl groups is 2. The summed E-state index contributed by atoms with van der Waals surface area (Å²) in [7, 11) is 0. The fourth-order valence-electron chi connectivity index (χ4n) is 8.92. The average Bonchev–Trinajstić information content (AvgIpc) is 3.34. The monoisotopic (exact) mass is 618 g/mol. The Morgan fingerprint density at radius 1 is 1.11 bits per heavy atom. The summed E-state index contributed by atoms with van der Waals surface area (Å²) in [5.74, 6) is -1.88. The van der Waals surface area contributed by atoms with Gasteiger partial charge in [-0.3, -0.25) is 14.4 Å². The number of hydrogen-bond acceptors (Lipinski definition) is 7. The molecule has 1 saturated heterocycles. The third-order valence-electron chi connectivity index (χ3n) is 12.1. The number of hydrogen-bond donors (Lipinski definition) is 3. The number of allylic oxidation sites excluding steroid dienone is 5. The van der Waals surface area contributed by atoms with E-state index in [4.69, 9.17) is 4.74 Å². The molecule has 45 heavy (non-hydrogen) atoms. The predicted molar refractivity (Wildman–Crippen MR) is 172 cm³/mol. The Morgan fingerprint density at radius 2 is 1.76 bits per heavy atom. The Hall–Kier alpha value is -3.19. The van der Waals surface area contributed by atoms with Gasteiger partial charge in [0.15, 0.2) is 28.8 Å². The zero-order chi connectivity index (χ0) is 33.7. The molecule has 2 bridgehead atoms. The molecule has 4 aliphatic rings. The first-order valence-corrected chi connectivity index (χ1v) is 16.3. The number of phenolic OH excluding ortho intramolecular Hbond substituents is 2. The Kier molecular flexibility index (Phi) is 7.68. The Morgan fingerprint density at radius 3 is 2.29 bits per heavy atom. The van der Waals surface area contributed by atoms with Crippen LogP contribution in [0.15, 0.2) is 53.8 Å². The molecule has 0 aromatic heterocycles. The van der Waals surface area contributed by atoms with Gasteiger partial charge in [-0.25, -0.2) is 0 Å². The van der Waals surface area contributed by atoms with Crippen molar-refractivity contribution in [2.75, 3.05) is 0 Å². The molecule has 3 fully saturated rings. The van der Waals surface area contributed by atoms with Gasteiger partial charge in [0.1, 0.15) is 17.4 Å². The minimum Gasteiger partial charge on any atom is -0.504 e. The van der Waals surface area contributed by atoms with E-state index in [-0.39, 0.29) is 64.6 Å². The first-order chi connectivity index (χ1) is 20.6. The maximum atomic E-state index is 15.4. The molecule has 2 saturated carbocycles. The van der Waals surface area contributed by atoms with Crippen LogP contribution >= 0.6 is 0 Å². The fourth-order valence-corrected chi connectivity index (χ4v) is 8.92. The number of Topliss-reactive ketones (excluding diaryl/α,β-unsaturated/α-hetero) is 3. The molecule has 244 valence electrons. The van der Waals surface area contributed by atoms with Crippen molar-refractivity contribution in [1.29, 1.82) is 0 Å². The van der Waals surface area contributed by atoms with Crippen LogP contribution in [-0.4, -0.2) is 44.4 Å². The van der Waals surface area contributed by atoms with Gasteiger partial charge in [0.05, 0.1) is 16.4 Å². The molecular formula is C38H50O7. The molecule has 3 N–H and O–H groups in total. The normalized spacial score (nSPS) is 33.7. The summed E-state index contributed by atoms with van der Waals surface area (Å²) >= 11 is 0. The maximum absolute atomic E-state index is 15.4. The van der Waals surface area contributed by atoms with Crippen LogP contribution in [0.4, 0.5) is 0 Å². The summed E-state index contributed by atoms with van der Waals surface area (Å²) in [6.45, 7) is 22.0. The van der Waals surface area contributed by atoms with Crippen LogP contribution in [0, 0.1) is 45.3 Å². The van der Waals surface area contributed by atoms with Crippen molar-refractivity contribution in [2.45, 2.75) is 99.7 Å². The average molecular weight is 619 g/mol. The number of benzene rings is 1. The molecule has 5 rings (SSSR count). The number of fused-ring (bicyclic) bond motifs is 1. The van der Waals surface area contributed by atoms with Gasteiger partial charge in [-0.05, 0) is 92.7 Å². The zero-order valence-electron chi connectivity index (χ0n) is 28.3. The van der Waals surface area contributed by atoms with E-state index in [9.17, 15) is 20.1 Å². The number of aliphatic hydroxyl groups is 1. The molecule has 0 amide bonds. The van der Waals surface area contributed by atoms with E-state index in [0.717, 1.165) is 18.1 Å². The topological polar surface area (TPSA) is 121 Å². The predicted octanol–water partition coefficient (Wildman–Crippen LogP) is 7.11. The number of carbonyl (C=O) groups excluding carboxylic acids is 3. The van der Waals surface area contributed by atoms with E-state index in [1.54, 1.807) is 13.8 Å². The van der Waals surface area contributed by atoms with E-state index >= 15 is 9.59 Å². The van der Waals surface area contributed by atoms with Crippen molar-refractivity contribution in [3.8, 4) is 11.5 Å². The fraction of sp³-hybridized carbons (Fsp3) is 0.605. The lowest BCUT2D eigenvalue weighted by atomic mass is 9.38. The highest BCUT2D eigenvalue weighted by molar-refractivity contribution is 6.35. The summed E-state index contributed by atoms with van der Waals surface area (Å²) in [6.07, 6.45) is 4.95. The summed E-state index contributed by atoms with van der Waals surface area (Å²) < 4.78 is 6.47. The van der Waals surface area contributed by atoms with Crippen LogP contribution in [-0.2, 0) is 14.3 Å². The van der Waals surface area contributed by atoms with Crippen molar-refractivity contribution in [3.05, 3.63) is 59.4 Å². The van der Waals surface area contributed by atoms with Gasteiger partial charge < -0.3 is 20.1 Å². The molecule has 1 aliphatic heterocycles. The SMILES string of the molecule is C=C(C)[C@H]1C[C@@H](C[C@]23C[C@@H](/C=C/C(C)C)C(C)(C)[C@@]4(C[C@@H](C(C)(C)O)OC4=C(C(=O)c4ccc(O)c(O)c4)C2=O)C3=O)C1(C)C. The van der Waals surface area contributed by atoms with Gasteiger partial charge in [0, 0.05) is 12.0 Å². The lowest BCUT2D eigenvalue weighted by Crippen LogP contribution is -2.66. The molecule has 1 spiro atoms. The first-order valence-electron chi connectivity index (χ1n) is 16.3. The van der Waals surface area contributed by atoms with Crippen molar-refractivity contribution >= 4 is 17.3 Å². The molecule has 1 aromatic rings. The van der Waals surface area contributed by atoms with Crippen LogP contribution in [0.3, 0.4) is 0 Å². The Balaban J connectivity index is 1.79. The lowest BCUT2D eigenvalue weighted by molar-refractivity contribution is -0.169. The van der Waals surface area contributed by atoms with Gasteiger partial charge in [0.2, 0.25) is 0 Å². The molecule has 3 aliphatic carbocycles. The first kappa shape index (κ1) is 33.2. The molecule has 0 unspecified atom stereocenters. The third kappa shape index (κ3) is 4.66. The zero-order valence-corrected chi connectivity index (χ0v) is 28.3. The van der Waals surface area contributed by atoms with Gasteiger partial charge >= 0.3 is 0 Å². The van der Waals surface area contributed by atoms with Gasteiger partial charge in [-0.15, -0.1) is 0 Å². The van der Waals surface area contributed by atoms with Crippen LogP contribution in [0.5, 0.6) is 11.5 Å². The summed E-state index contributed by atoms with van der Waals surface area (Å²) in [6, 6.07) is 3.70. The molecular weight excluding hydrogens is 568 g/mol. The van der Waals surface area contributed by atoms with Crippen molar-refractivity contribution < 1.29 is 34.4 Å². The van der Waals surface area contributed by atoms with E-state index in [1.165, 1.54) is 12.1 Å². The second-order valence-corrected chi connectivity index (χ2v) is 16.4. The largest absolute Gasteiger partial charge is 0.504 e. The quantitative estimate of drug-likeness (QED) is 0.0934. The van der Waals surface area contributed by atoms with Crippen LogP contribution < -0.4 is 0 Å². The summed E-state index contributed by atoms with van der Waals surface area (Å²) in [5, 5.41) is 31.4. The minimum absolute atomic E-state index is 0.00885. The minimum atomic E-state index is -1.48. The van der Waals surface area contributed by atoms with E-state index in [1.807, 2.05) is 20.8 Å². The highest BCUT2D eigenvalue weighted by atomic mass is 16.5. The van der Waals surface area contributed by atoms with Gasteiger partial charge in [-0.1, -0.05) is 65.8 Å². The van der Waals surface area contributed by atoms with E-state index in [0.29, 0.717) is 6.42 Å². The van der Waals surface area contributed by atoms with E-state index in [2.05, 4.69) is 46.4 Å². The van der Waals surface area contributed by atoms with Crippen molar-refractivity contribution in [2.24, 2.45) is 45.3 Å². The van der Waals surface area contributed by atoms with Gasteiger partial charge in [0.25, 0.3) is 0 Å². The van der Waals surface area contributed by atoms with E-state index < -0.39 is 51.0 Å².